The van der Waals surface area contributed by atoms with Crippen LogP contribution in [0.1, 0.15) is 169 Å². The van der Waals surface area contributed by atoms with E-state index < -0.39 is 229 Å². The van der Waals surface area contributed by atoms with Crippen molar-refractivity contribution in [3.05, 3.63) is 12.2 Å². The molecule has 4 aliphatic carbocycles. The summed E-state index contributed by atoms with van der Waals surface area (Å²) >= 11 is 1.36. The lowest BCUT2D eigenvalue weighted by molar-refractivity contribution is -0.219. The van der Waals surface area contributed by atoms with Crippen molar-refractivity contribution in [2.45, 2.75) is 260 Å². The highest BCUT2D eigenvalue weighted by Crippen LogP contribution is 2.46. The van der Waals surface area contributed by atoms with Gasteiger partial charge in [0.05, 0.1) is 25.0 Å². The van der Waals surface area contributed by atoms with E-state index in [9.17, 15) is 45.5 Å². The van der Waals surface area contributed by atoms with Crippen molar-refractivity contribution in [2.75, 3.05) is 93.6 Å². The molecule has 4 aliphatic heterocycles. The topological polar surface area (TPSA) is 279 Å². The van der Waals surface area contributed by atoms with Gasteiger partial charge >= 0.3 is 12.4 Å². The molecule has 0 aromatic heterocycles. The first kappa shape index (κ1) is 87.7. The van der Waals surface area contributed by atoms with Gasteiger partial charge in [0.2, 0.25) is 70.9 Å². The number of nitrogens with one attached hydrogen (secondary N) is 3. The van der Waals surface area contributed by atoms with Gasteiger partial charge in [-0.15, -0.1) is 0 Å². The Balaban J connectivity index is 1.21. The van der Waals surface area contributed by atoms with Crippen LogP contribution >= 0.6 is 11.8 Å². The summed E-state index contributed by atoms with van der Waals surface area (Å²) in [7, 11) is 9.60. The number of carbonyl (C=O) groups excluding carboxylic acids is 12. The molecular weight excluding hydrogens is 1460 g/mol. The highest BCUT2D eigenvalue weighted by molar-refractivity contribution is 7.99. The molecule has 4 saturated carbocycles. The molecule has 1 spiro atoms. The lowest BCUT2D eigenvalue weighted by Gasteiger charge is -2.46. The molecule has 2 unspecified atom stereocenters. The van der Waals surface area contributed by atoms with Crippen molar-refractivity contribution in [1.29, 1.82) is 0 Å². The molecule has 614 valence electrons. The molecule has 0 radical (unpaired) electrons. The molecule has 109 heavy (non-hydrogen) atoms. The number of amides is 12. The summed E-state index contributed by atoms with van der Waals surface area (Å²) in [4.78, 5) is 193. The molecule has 8 rings (SSSR count). The van der Waals surface area contributed by atoms with E-state index in [1.807, 2.05) is 0 Å². The fourth-order valence-electron chi connectivity index (χ4n) is 17.6. The smallest absolute Gasteiger partial charge is 0.377 e. The number of likely N-dealkylation sites (N-methyl/N-ethyl adjacent to an activating group) is 6. The molecule has 13 atom stereocenters. The minimum absolute atomic E-state index is 0.00154. The Labute approximate surface area is 638 Å². The molecule has 0 aromatic carbocycles. The normalized spacial score (nSPS) is 33.0. The van der Waals surface area contributed by atoms with E-state index in [0.29, 0.717) is 44.3 Å². The number of halogens is 8. The van der Waals surface area contributed by atoms with Gasteiger partial charge < -0.3 is 64.8 Å². The molecule has 7 fully saturated rings. The van der Waals surface area contributed by atoms with Crippen molar-refractivity contribution in [1.82, 2.24) is 60.0 Å². The van der Waals surface area contributed by atoms with E-state index in [2.05, 4.69) is 16.0 Å². The van der Waals surface area contributed by atoms with Crippen LogP contribution in [0.2, 0.25) is 0 Å². The number of carbonyl (C=O) groups is 12. The number of fused-ring (bicyclic) bond motifs is 4. The molecule has 2 bridgehead atoms. The molecule has 3 saturated heterocycles. The van der Waals surface area contributed by atoms with Crippen LogP contribution in [0.3, 0.4) is 0 Å². The largest absolute Gasteiger partial charge is 0.397 e. The first-order valence-electron chi connectivity index (χ1n) is 38.9. The van der Waals surface area contributed by atoms with Crippen molar-refractivity contribution in [2.24, 2.45) is 35.5 Å². The van der Waals surface area contributed by atoms with Crippen molar-refractivity contribution < 1.29 is 97.4 Å². The zero-order valence-electron chi connectivity index (χ0n) is 64.8. The summed E-state index contributed by atoms with van der Waals surface area (Å²) < 4.78 is 122. The summed E-state index contributed by atoms with van der Waals surface area (Å²) in [6.07, 6.45) is -13.1. The molecule has 0 aromatic rings. The molecule has 8 aliphatic rings. The maximum absolute atomic E-state index is 15.6. The fourth-order valence-corrected chi connectivity index (χ4v) is 18.6. The third kappa shape index (κ3) is 20.5. The van der Waals surface area contributed by atoms with Gasteiger partial charge in [0.25, 0.3) is 0 Å². The first-order valence-corrected chi connectivity index (χ1v) is 40.1. The number of hydrogen-bond donors (Lipinski definition) is 3. The number of alkyl halides is 8. The summed E-state index contributed by atoms with van der Waals surface area (Å²) in [6, 6.07) is -12.6. The van der Waals surface area contributed by atoms with E-state index in [1.165, 1.54) is 85.6 Å². The van der Waals surface area contributed by atoms with Gasteiger partial charge in [-0.3, -0.25) is 57.5 Å². The summed E-state index contributed by atoms with van der Waals surface area (Å²) in [5.74, 6) is -16.1. The van der Waals surface area contributed by atoms with Crippen LogP contribution in [0.25, 0.3) is 0 Å². The average molecular weight is 1580 g/mol. The predicted octanol–water partition coefficient (Wildman–Crippen LogP) is 6.20. The van der Waals surface area contributed by atoms with E-state index in [-0.39, 0.29) is 109 Å². The second kappa shape index (κ2) is 37.6. The fraction of sp³-hybridized carbons (Fsp3) is 0.813. The minimum Gasteiger partial charge on any atom is -0.377 e. The lowest BCUT2D eigenvalue weighted by Crippen LogP contribution is -2.68. The number of hydrogen-bond acceptors (Lipinski definition) is 14. The quantitative estimate of drug-likeness (QED) is 0.145. The van der Waals surface area contributed by atoms with Crippen LogP contribution in [0, 0.1) is 35.5 Å². The first-order chi connectivity index (χ1) is 51.3. The molecular formula is C75H114F8N12O13S. The molecule has 34 heteroatoms. The second-order valence-electron chi connectivity index (χ2n) is 31.8. The lowest BCUT2D eigenvalue weighted by atomic mass is 9.74. The van der Waals surface area contributed by atoms with Gasteiger partial charge in [-0.1, -0.05) is 52.2 Å². The van der Waals surface area contributed by atoms with Crippen LogP contribution in [0.5, 0.6) is 0 Å². The zero-order chi connectivity index (χ0) is 80.5. The third-order valence-electron chi connectivity index (χ3n) is 24.5. The van der Waals surface area contributed by atoms with E-state index in [0.717, 1.165) is 19.6 Å². The van der Waals surface area contributed by atoms with Crippen molar-refractivity contribution in [3.63, 3.8) is 0 Å². The molecule has 12 amide bonds. The summed E-state index contributed by atoms with van der Waals surface area (Å²) in [5, 5.41) is 8.46. The Morgan fingerprint density at radius 2 is 1.31 bits per heavy atom. The summed E-state index contributed by atoms with van der Waals surface area (Å²) in [6.45, 7) is 5.63. The maximum atomic E-state index is 15.6. The Morgan fingerprint density at radius 1 is 0.661 bits per heavy atom. The second-order valence-corrected chi connectivity index (χ2v) is 33.0. The van der Waals surface area contributed by atoms with Gasteiger partial charge in [0, 0.05) is 93.5 Å². The van der Waals surface area contributed by atoms with Gasteiger partial charge in [-0.25, -0.2) is 8.78 Å². The van der Waals surface area contributed by atoms with Crippen LogP contribution in [-0.4, -0.2) is 299 Å². The Bertz CT molecular complexity index is 3290. The molecule has 4 heterocycles. The van der Waals surface area contributed by atoms with E-state index in [1.54, 1.807) is 39.8 Å². The molecule has 25 nitrogen and oxygen atoms in total. The monoisotopic (exact) mass is 1570 g/mol. The standard InChI is InChI=1S/C75H114F8N12O13S/c1-12-43(4)61-70(105)94-33-34-109-42-57(94)68(103)90(9)53-23-16-15-19-32-93(69(53)104)56(37-44-24-27-47(28-25-44)74(78,79)80)67(102)88(7)41-58(96)84-51(29-26-45-35-49(76)60(50(77)36-45)75(81,82)83)65(100)95-40-48(108-14-3)38-54(95)64(99)86-73(30-20-31-73)72(107)92(11)62(46-21-17-18-22-46)71(106)91(10)55(66(101)87(5)6)39-59(97)89(8)52(13-2)63(98)85-61/h15-16,43-57,60-62H,12-14,17-42H2,1-11H3,(H,84,96)(H,85,98)(H,86,99)/b16-15-/t43-,44?,45?,47?,48+,49?,50?,51-,52-,53-,54-,55-,56-,57-,60?,61-,62-/m0/s1. The van der Waals surface area contributed by atoms with Gasteiger partial charge in [-0.2, -0.15) is 38.1 Å². The Hall–Kier alpha value is -6.87. The van der Waals surface area contributed by atoms with E-state index in [4.69, 9.17) is 4.74 Å². The number of ether oxygens (including phenoxy) is 1. The highest BCUT2D eigenvalue weighted by atomic mass is 32.2. The van der Waals surface area contributed by atoms with E-state index >= 15 is 47.1 Å². The minimum atomic E-state index is -5.22. The maximum Gasteiger partial charge on any atom is 0.397 e. The van der Waals surface area contributed by atoms with Gasteiger partial charge in [0.15, 0.2) is 0 Å². The predicted molar refractivity (Wildman–Crippen MR) is 387 cm³/mol. The van der Waals surface area contributed by atoms with Crippen molar-refractivity contribution >= 4 is 82.6 Å². The summed E-state index contributed by atoms with van der Waals surface area (Å²) in [5.41, 5.74) is -1.69. The van der Waals surface area contributed by atoms with Gasteiger partial charge in [-0.05, 0) is 140 Å². The zero-order valence-corrected chi connectivity index (χ0v) is 65.6. The number of thioether (sulfide) groups is 1. The SMILES string of the molecule is CCO[C@@H]1C[C@H]2C(=O)NC3(CCC3)C(=O)N(C)[C@@H](C3CCCC3)C(=O)N(C)[C@H](C(=O)N(C)C)CC(=O)N(C)[C@@H](CC)C(=O)N[C@@H]([C@@H](C)CC)C(=O)N3CCSC[C@H]3C(=O)N(C)[C@H]3C/C=C\CCN(C3=O)[C@@H](CC3CCC(C(F)(F)F)CC3)C(=O)N(C)CC(=O)N[C@@H](CCC3CC(F)C(C(F)(F)F)C(F)C3)C(=O)N2C1. The molecule has 3 N–H and O–H groups in total. The Kier molecular flexibility index (Phi) is 30.3. The van der Waals surface area contributed by atoms with Crippen LogP contribution < -0.4 is 16.0 Å². The Morgan fingerprint density at radius 3 is 1.89 bits per heavy atom. The van der Waals surface area contributed by atoms with Crippen molar-refractivity contribution in [3.8, 4) is 0 Å². The number of rotatable bonds is 12. The van der Waals surface area contributed by atoms with Gasteiger partial charge in [0.1, 0.15) is 78.2 Å². The average Bonchev–Trinajstić information content (AvgIpc) is 1.73. The number of nitrogens with zero attached hydrogens (tertiary/aromatic N) is 9. The van der Waals surface area contributed by atoms with Crippen LogP contribution in [0.15, 0.2) is 12.2 Å². The van der Waals surface area contributed by atoms with Crippen LogP contribution in [0.4, 0.5) is 35.1 Å². The highest BCUT2D eigenvalue weighted by Gasteiger charge is 2.57. The van der Waals surface area contributed by atoms with Crippen LogP contribution in [-0.2, 0) is 62.3 Å². The third-order valence-corrected chi connectivity index (χ3v) is 25.5.